The number of benzene rings is 8. The van der Waals surface area contributed by atoms with Gasteiger partial charge in [-0.3, -0.25) is 0 Å². The van der Waals surface area contributed by atoms with Gasteiger partial charge in [-0.2, -0.15) is 0 Å². The summed E-state index contributed by atoms with van der Waals surface area (Å²) in [6, 6.07) is 68.4. The van der Waals surface area contributed by atoms with Crippen molar-refractivity contribution < 1.29 is 8.42 Å². The first-order chi connectivity index (χ1) is 30.9. The SMILES string of the molecule is CC1CC2CCCC(C1)C21c2ccccc2S(=O)(=O)c2ccc(N(c3ccc(-c4ccccc4)cc3)c3ccc(-c4ccccc4-n4c5ccccc5c5ccccc54)cc3)cc21. The number of rotatable bonds is 6. The van der Waals surface area contributed by atoms with Gasteiger partial charge in [0.05, 0.1) is 26.5 Å². The van der Waals surface area contributed by atoms with E-state index < -0.39 is 9.84 Å². The van der Waals surface area contributed by atoms with Crippen molar-refractivity contribution in [3.8, 4) is 27.9 Å². The Morgan fingerprint density at radius 2 is 1.03 bits per heavy atom. The number of nitrogens with zero attached hydrogens (tertiary/aromatic N) is 2. The zero-order chi connectivity index (χ0) is 42.3. The molecule has 308 valence electrons. The fourth-order valence-electron chi connectivity index (χ4n) is 12.2. The number of fused-ring (bicyclic) bond motifs is 5. The maximum atomic E-state index is 14.7. The number of anilines is 3. The molecule has 12 rings (SSSR count). The Bertz CT molecular complexity index is 3250. The summed E-state index contributed by atoms with van der Waals surface area (Å²) in [7, 11) is -3.74. The van der Waals surface area contributed by atoms with E-state index in [9.17, 15) is 8.42 Å². The average Bonchev–Trinajstić information content (AvgIpc) is 3.66. The van der Waals surface area contributed by atoms with Crippen molar-refractivity contribution in [2.75, 3.05) is 4.90 Å². The van der Waals surface area contributed by atoms with Crippen LogP contribution in [-0.2, 0) is 15.3 Å². The van der Waals surface area contributed by atoms with Gasteiger partial charge in [0, 0.05) is 38.8 Å². The molecule has 2 saturated carbocycles. The van der Waals surface area contributed by atoms with Crippen LogP contribution in [0.5, 0.6) is 0 Å². The topological polar surface area (TPSA) is 42.3 Å². The van der Waals surface area contributed by atoms with E-state index >= 15 is 0 Å². The average molecular weight is 837 g/mol. The highest BCUT2D eigenvalue weighted by atomic mass is 32.2. The van der Waals surface area contributed by atoms with Gasteiger partial charge in [0.15, 0.2) is 0 Å². The van der Waals surface area contributed by atoms with Gasteiger partial charge in [-0.05, 0) is 138 Å². The number of sulfone groups is 1. The second-order valence-corrected chi connectivity index (χ2v) is 20.0. The molecule has 1 aromatic heterocycles. The molecule has 4 nitrogen and oxygen atoms in total. The molecule has 0 saturated heterocycles. The first-order valence-corrected chi connectivity index (χ1v) is 24.0. The molecule has 1 aliphatic heterocycles. The van der Waals surface area contributed by atoms with Crippen LogP contribution >= 0.6 is 0 Å². The molecule has 1 spiro atoms. The molecule has 0 radical (unpaired) electrons. The van der Waals surface area contributed by atoms with Gasteiger partial charge in [-0.1, -0.05) is 141 Å². The van der Waals surface area contributed by atoms with E-state index in [-0.39, 0.29) is 5.41 Å². The van der Waals surface area contributed by atoms with Crippen molar-refractivity contribution in [3.05, 3.63) is 205 Å². The van der Waals surface area contributed by atoms with Crippen LogP contribution < -0.4 is 4.90 Å². The van der Waals surface area contributed by atoms with Crippen LogP contribution in [0.3, 0.4) is 0 Å². The largest absolute Gasteiger partial charge is 0.310 e. The number of hydrogen-bond acceptors (Lipinski definition) is 3. The van der Waals surface area contributed by atoms with Crippen LogP contribution in [0.4, 0.5) is 17.1 Å². The molecule has 2 fully saturated rings. The Balaban J connectivity index is 1.03. The molecule has 2 aliphatic carbocycles. The first-order valence-electron chi connectivity index (χ1n) is 22.5. The highest BCUT2D eigenvalue weighted by Gasteiger charge is 2.58. The van der Waals surface area contributed by atoms with Gasteiger partial charge >= 0.3 is 0 Å². The van der Waals surface area contributed by atoms with Crippen molar-refractivity contribution in [1.29, 1.82) is 0 Å². The Labute approximate surface area is 370 Å². The molecule has 5 heteroatoms. The lowest BCUT2D eigenvalue weighted by Gasteiger charge is -2.57. The van der Waals surface area contributed by atoms with E-state index in [1.165, 1.54) is 33.8 Å². The Kier molecular flexibility index (Phi) is 8.88. The van der Waals surface area contributed by atoms with Gasteiger partial charge in [-0.15, -0.1) is 0 Å². The summed E-state index contributed by atoms with van der Waals surface area (Å²) < 4.78 is 31.8. The molecule has 8 aromatic carbocycles. The van der Waals surface area contributed by atoms with Gasteiger partial charge in [0.25, 0.3) is 0 Å². The zero-order valence-electron chi connectivity index (χ0n) is 35.4. The quantitative estimate of drug-likeness (QED) is 0.168. The molecule has 2 unspecified atom stereocenters. The third-order valence-electron chi connectivity index (χ3n) is 14.7. The van der Waals surface area contributed by atoms with E-state index in [1.54, 1.807) is 0 Å². The van der Waals surface area contributed by atoms with Crippen molar-refractivity contribution in [3.63, 3.8) is 0 Å². The summed E-state index contributed by atoms with van der Waals surface area (Å²) in [6.45, 7) is 2.40. The molecule has 9 aromatic rings. The van der Waals surface area contributed by atoms with Gasteiger partial charge < -0.3 is 9.47 Å². The smallest absolute Gasteiger partial charge is 0.207 e. The van der Waals surface area contributed by atoms with Crippen molar-refractivity contribution in [2.45, 2.75) is 54.2 Å². The highest BCUT2D eigenvalue weighted by molar-refractivity contribution is 7.91. The Hall–Kier alpha value is -6.69. The fraction of sp³-hybridized carbons (Fsp3) is 0.172. The zero-order valence-corrected chi connectivity index (χ0v) is 36.2. The Morgan fingerprint density at radius 1 is 0.508 bits per heavy atom. The van der Waals surface area contributed by atoms with Crippen LogP contribution in [0.1, 0.15) is 50.2 Å². The maximum absolute atomic E-state index is 14.7. The third kappa shape index (κ3) is 5.82. The molecule has 2 heterocycles. The summed E-state index contributed by atoms with van der Waals surface area (Å²) in [5.41, 5.74) is 12.7. The van der Waals surface area contributed by atoms with E-state index in [2.05, 4.69) is 180 Å². The van der Waals surface area contributed by atoms with Crippen LogP contribution in [-0.4, -0.2) is 13.0 Å². The van der Waals surface area contributed by atoms with Crippen LogP contribution in [0.2, 0.25) is 0 Å². The number of hydrogen-bond donors (Lipinski definition) is 0. The lowest BCUT2D eigenvalue weighted by Crippen LogP contribution is -2.53. The molecular formula is C58H48N2O2S. The predicted octanol–water partition coefficient (Wildman–Crippen LogP) is 14.9. The normalized spacial score (nSPS) is 20.9. The monoisotopic (exact) mass is 836 g/mol. The van der Waals surface area contributed by atoms with Gasteiger partial charge in [-0.25, -0.2) is 8.42 Å². The van der Waals surface area contributed by atoms with Crippen molar-refractivity contribution in [2.24, 2.45) is 17.8 Å². The fourth-order valence-corrected chi connectivity index (χ4v) is 14.0. The van der Waals surface area contributed by atoms with Crippen LogP contribution in [0.15, 0.2) is 204 Å². The molecule has 2 atom stereocenters. The lowest BCUT2D eigenvalue weighted by molar-refractivity contribution is 0.0488. The van der Waals surface area contributed by atoms with E-state index in [0.717, 1.165) is 76.3 Å². The summed E-state index contributed by atoms with van der Waals surface area (Å²) in [6.07, 6.45) is 5.63. The van der Waals surface area contributed by atoms with Gasteiger partial charge in [0.2, 0.25) is 9.84 Å². The van der Waals surface area contributed by atoms with Crippen molar-refractivity contribution >= 4 is 48.7 Å². The summed E-state index contributed by atoms with van der Waals surface area (Å²) >= 11 is 0. The highest BCUT2D eigenvalue weighted by Crippen LogP contribution is 2.64. The molecule has 0 amide bonds. The molecular weight excluding hydrogens is 789 g/mol. The summed E-state index contributed by atoms with van der Waals surface area (Å²) in [5.74, 6) is 1.36. The lowest BCUT2D eigenvalue weighted by atomic mass is 9.48. The van der Waals surface area contributed by atoms with Crippen LogP contribution in [0.25, 0.3) is 49.7 Å². The number of para-hydroxylation sites is 3. The number of aromatic nitrogens is 1. The molecule has 2 bridgehead atoms. The first kappa shape index (κ1) is 38.0. The minimum atomic E-state index is -3.74. The second-order valence-electron chi connectivity index (χ2n) is 18.1. The second kappa shape index (κ2) is 14.7. The standard InChI is InChI=1S/C58H48N2O2S/c1-39-36-43-16-13-17-44(37-39)58(43)51-21-8-12-25-56(51)63(61,62)57-35-34-47(38-52(57)58)59(45-30-26-41(27-31-45)40-14-3-2-4-15-40)46-32-28-42(29-33-46)48-18-5-9-22-53(48)60-54-23-10-6-19-49(54)50-20-7-11-24-55(50)60/h2-12,14-15,18-35,38-39,43-44H,13,16-17,36-37H2,1H3. The Morgan fingerprint density at radius 3 is 1.71 bits per heavy atom. The van der Waals surface area contributed by atoms with Crippen molar-refractivity contribution in [1.82, 2.24) is 4.57 Å². The molecule has 63 heavy (non-hydrogen) atoms. The summed E-state index contributed by atoms with van der Waals surface area (Å²) in [4.78, 5) is 3.30. The minimum Gasteiger partial charge on any atom is -0.310 e. The van der Waals surface area contributed by atoms with E-state index in [0.29, 0.717) is 27.5 Å². The minimum absolute atomic E-state index is 0.360. The van der Waals surface area contributed by atoms with E-state index in [1.807, 2.05) is 30.3 Å². The van der Waals surface area contributed by atoms with Crippen LogP contribution in [0, 0.1) is 17.8 Å². The molecule has 0 N–H and O–H groups in total. The van der Waals surface area contributed by atoms with E-state index in [4.69, 9.17) is 0 Å². The predicted molar refractivity (Wildman–Crippen MR) is 258 cm³/mol. The maximum Gasteiger partial charge on any atom is 0.207 e. The molecule has 3 aliphatic rings. The summed E-state index contributed by atoms with van der Waals surface area (Å²) in [5, 5.41) is 2.48. The third-order valence-corrected chi connectivity index (χ3v) is 16.6. The van der Waals surface area contributed by atoms with Gasteiger partial charge in [0.1, 0.15) is 0 Å².